The van der Waals surface area contributed by atoms with Crippen LogP contribution in [0.1, 0.15) is 30.5 Å². The zero-order valence-corrected chi connectivity index (χ0v) is 19.0. The summed E-state index contributed by atoms with van der Waals surface area (Å²) in [5, 5.41) is 33.2. The smallest absolute Gasteiger partial charge is 0.319 e. The minimum absolute atomic E-state index is 0.0420. The molecule has 0 spiro atoms. The molecule has 0 saturated carbocycles. The predicted molar refractivity (Wildman–Crippen MR) is 134 cm³/mol. The lowest BCUT2D eigenvalue weighted by Gasteiger charge is -2.33. The number of aromatic nitrogens is 2. The first-order chi connectivity index (χ1) is 16.6. The second kappa shape index (κ2) is 10.5. The first kappa shape index (κ1) is 22.9. The number of aliphatic imine (C=N–C) groups is 1. The van der Waals surface area contributed by atoms with Crippen molar-refractivity contribution < 1.29 is 4.79 Å². The molecule has 9 heteroatoms. The van der Waals surface area contributed by atoms with E-state index in [2.05, 4.69) is 36.8 Å². The first-order valence-corrected chi connectivity index (χ1v) is 11.2. The molecule has 2 amide bonds. The van der Waals surface area contributed by atoms with Gasteiger partial charge in [-0.25, -0.2) is 4.79 Å². The van der Waals surface area contributed by atoms with Crippen molar-refractivity contribution in [1.29, 1.82) is 10.7 Å². The number of fused-ring (bicyclic) bond motifs is 1. The lowest BCUT2D eigenvalue weighted by Crippen LogP contribution is -2.46. The maximum absolute atomic E-state index is 12.4. The summed E-state index contributed by atoms with van der Waals surface area (Å²) >= 11 is 0. The van der Waals surface area contributed by atoms with Crippen molar-refractivity contribution in [3.63, 3.8) is 0 Å². The van der Waals surface area contributed by atoms with E-state index in [-0.39, 0.29) is 12.1 Å². The number of anilines is 2. The zero-order chi connectivity index (χ0) is 23.9. The fourth-order valence-corrected chi connectivity index (χ4v) is 4.18. The number of hydrogen-bond acceptors (Lipinski definition) is 7. The van der Waals surface area contributed by atoms with Crippen molar-refractivity contribution in [2.75, 3.05) is 30.4 Å². The van der Waals surface area contributed by atoms with Gasteiger partial charge in [0.25, 0.3) is 0 Å². The number of nitriles is 1. The highest BCUT2D eigenvalue weighted by atomic mass is 16.2. The fraction of sp³-hybridized carbons (Fsp3) is 0.280. The summed E-state index contributed by atoms with van der Waals surface area (Å²) in [5.41, 5.74) is 2.54. The van der Waals surface area contributed by atoms with E-state index in [9.17, 15) is 4.79 Å². The number of benzene rings is 2. The third kappa shape index (κ3) is 5.02. The molecule has 1 aromatic heterocycles. The topological polar surface area (TPSA) is 130 Å². The second-order valence-electron chi connectivity index (χ2n) is 8.05. The molecule has 0 atom stereocenters. The van der Waals surface area contributed by atoms with Crippen LogP contribution in [0.4, 0.5) is 16.3 Å². The van der Waals surface area contributed by atoms with Crippen LogP contribution in [0, 0.1) is 16.7 Å². The summed E-state index contributed by atoms with van der Waals surface area (Å²) in [6.45, 7) is 1.48. The Labute approximate surface area is 198 Å². The molecule has 3 N–H and O–H groups in total. The summed E-state index contributed by atoms with van der Waals surface area (Å²) in [5.74, 6) is 0.820. The van der Waals surface area contributed by atoms with E-state index >= 15 is 0 Å². The Kier molecular flexibility index (Phi) is 7.08. The summed E-state index contributed by atoms with van der Waals surface area (Å²) in [6.07, 6.45) is 3.28. The van der Waals surface area contributed by atoms with Crippen LogP contribution in [-0.4, -0.2) is 54.3 Å². The Morgan fingerprint density at radius 2 is 1.97 bits per heavy atom. The highest BCUT2D eigenvalue weighted by molar-refractivity contribution is 6.14. The van der Waals surface area contributed by atoms with E-state index in [0.717, 1.165) is 48.2 Å². The van der Waals surface area contributed by atoms with E-state index in [0.29, 0.717) is 23.4 Å². The number of urea groups is 1. The lowest BCUT2D eigenvalue weighted by atomic mass is 10.0. The van der Waals surface area contributed by atoms with Gasteiger partial charge in [0.1, 0.15) is 5.69 Å². The quantitative estimate of drug-likeness (QED) is 0.488. The number of nitrogens with one attached hydrogen (secondary N) is 3. The lowest BCUT2D eigenvalue weighted by molar-refractivity contribution is 0.246. The highest BCUT2D eigenvalue weighted by Crippen LogP contribution is 2.28. The van der Waals surface area contributed by atoms with Crippen LogP contribution < -0.4 is 15.5 Å². The van der Waals surface area contributed by atoms with Gasteiger partial charge < -0.3 is 20.9 Å². The maximum Gasteiger partial charge on any atom is 0.319 e. The van der Waals surface area contributed by atoms with Crippen molar-refractivity contribution in [1.82, 2.24) is 15.5 Å². The van der Waals surface area contributed by atoms with Crippen LogP contribution in [0.3, 0.4) is 0 Å². The van der Waals surface area contributed by atoms with Gasteiger partial charge in [-0.3, -0.25) is 4.99 Å². The van der Waals surface area contributed by atoms with Gasteiger partial charge in [-0.2, -0.15) is 5.26 Å². The molecule has 0 aliphatic carbocycles. The molecule has 9 nitrogen and oxygen atoms in total. The van der Waals surface area contributed by atoms with Gasteiger partial charge in [0.2, 0.25) is 0 Å². The molecule has 1 aliphatic rings. The Balaban J connectivity index is 1.43. The minimum Gasteiger partial charge on any atom is -0.354 e. The van der Waals surface area contributed by atoms with Gasteiger partial charge in [0.15, 0.2) is 5.82 Å². The molecule has 0 unspecified atom stereocenters. The second-order valence-corrected chi connectivity index (χ2v) is 8.05. The zero-order valence-electron chi connectivity index (χ0n) is 19.0. The number of carbonyl (C=O) groups excluding carboxylic acids is 1. The van der Waals surface area contributed by atoms with Gasteiger partial charge in [-0.05, 0) is 31.0 Å². The number of piperidine rings is 1. The maximum atomic E-state index is 12.4. The third-order valence-electron chi connectivity index (χ3n) is 5.89. The van der Waals surface area contributed by atoms with Gasteiger partial charge in [-0.1, -0.05) is 30.3 Å². The SMILES string of the molecule is CN=C(CC=N)c1nnc(N2CCC(NC(=O)Nc3cccc(C#N)c3)CC2)c2ccccc12. The molecule has 1 aliphatic heterocycles. The van der Waals surface area contributed by atoms with E-state index in [1.54, 1.807) is 31.3 Å². The summed E-state index contributed by atoms with van der Waals surface area (Å²) in [4.78, 5) is 18.9. The normalized spacial score (nSPS) is 14.5. The standard InChI is InChI=1S/C25H26N8O/c1-28-22(9-12-26)23-20-7-2-3-8-21(20)24(32-31-23)33-13-10-18(11-14-33)29-25(34)30-19-6-4-5-17(15-19)16-27/h2-8,12,15,18,26H,9-11,13-14H2,1H3,(H2,29,30,34). The van der Waals surface area contributed by atoms with Crippen LogP contribution in [-0.2, 0) is 0 Å². The molecular weight excluding hydrogens is 428 g/mol. The van der Waals surface area contributed by atoms with Gasteiger partial charge in [0.05, 0.1) is 17.3 Å². The number of carbonyl (C=O) groups is 1. The van der Waals surface area contributed by atoms with Crippen molar-refractivity contribution in [3.8, 4) is 6.07 Å². The molecule has 2 aromatic carbocycles. The van der Waals surface area contributed by atoms with Crippen molar-refractivity contribution >= 4 is 40.2 Å². The Bertz CT molecular complexity index is 1270. The van der Waals surface area contributed by atoms with Crippen molar-refractivity contribution in [2.24, 2.45) is 4.99 Å². The van der Waals surface area contributed by atoms with Crippen molar-refractivity contribution in [3.05, 3.63) is 59.8 Å². The minimum atomic E-state index is -0.277. The molecule has 1 fully saturated rings. The molecule has 0 radical (unpaired) electrons. The van der Waals surface area contributed by atoms with E-state index < -0.39 is 0 Å². The molecule has 3 aromatic rings. The molecule has 1 saturated heterocycles. The highest BCUT2D eigenvalue weighted by Gasteiger charge is 2.24. The van der Waals surface area contributed by atoms with Crippen molar-refractivity contribution in [2.45, 2.75) is 25.3 Å². The largest absolute Gasteiger partial charge is 0.354 e. The van der Waals surface area contributed by atoms with Crippen LogP contribution in [0.25, 0.3) is 10.8 Å². The first-order valence-electron chi connectivity index (χ1n) is 11.2. The van der Waals surface area contributed by atoms with Crippen LogP contribution in [0.15, 0.2) is 53.5 Å². The van der Waals surface area contributed by atoms with E-state index in [1.807, 2.05) is 24.3 Å². The van der Waals surface area contributed by atoms with Gasteiger partial charge in [-0.15, -0.1) is 10.2 Å². The third-order valence-corrected chi connectivity index (χ3v) is 5.89. The van der Waals surface area contributed by atoms with Crippen LogP contribution in [0.2, 0.25) is 0 Å². The molecule has 34 heavy (non-hydrogen) atoms. The molecule has 4 rings (SSSR count). The summed E-state index contributed by atoms with van der Waals surface area (Å²) < 4.78 is 0. The predicted octanol–water partition coefficient (Wildman–Crippen LogP) is 3.75. The van der Waals surface area contributed by atoms with Crippen LogP contribution in [0.5, 0.6) is 0 Å². The number of rotatable bonds is 6. The van der Waals surface area contributed by atoms with E-state index in [1.165, 1.54) is 6.21 Å². The fourth-order valence-electron chi connectivity index (χ4n) is 4.18. The van der Waals surface area contributed by atoms with E-state index in [4.69, 9.17) is 10.7 Å². The number of amides is 2. The van der Waals surface area contributed by atoms with Gasteiger partial charge >= 0.3 is 6.03 Å². The number of nitrogens with zero attached hydrogens (tertiary/aromatic N) is 5. The Morgan fingerprint density at radius 3 is 2.68 bits per heavy atom. The van der Waals surface area contributed by atoms with Gasteiger partial charge in [0, 0.05) is 55.3 Å². The molecule has 2 heterocycles. The number of hydrogen-bond donors (Lipinski definition) is 3. The Morgan fingerprint density at radius 1 is 1.21 bits per heavy atom. The summed E-state index contributed by atoms with van der Waals surface area (Å²) in [7, 11) is 1.71. The molecule has 0 bridgehead atoms. The average molecular weight is 455 g/mol. The Hall–Kier alpha value is -4.32. The molecule has 172 valence electrons. The monoisotopic (exact) mass is 454 g/mol. The van der Waals surface area contributed by atoms with Crippen LogP contribution >= 0.6 is 0 Å². The summed E-state index contributed by atoms with van der Waals surface area (Å²) in [6, 6.07) is 16.7. The molecular formula is C25H26N8O. The average Bonchev–Trinajstić information content (AvgIpc) is 2.87.